The highest BCUT2D eigenvalue weighted by Crippen LogP contribution is 2.28. The van der Waals surface area contributed by atoms with Gasteiger partial charge in [-0.05, 0) is 155 Å². The molecule has 0 atom stereocenters. The van der Waals surface area contributed by atoms with Crippen LogP contribution in [0.3, 0.4) is 0 Å². The van der Waals surface area contributed by atoms with Gasteiger partial charge in [-0.3, -0.25) is 14.4 Å². The van der Waals surface area contributed by atoms with Crippen LogP contribution in [0.1, 0.15) is 78.3 Å². The summed E-state index contributed by atoms with van der Waals surface area (Å²) in [5, 5.41) is 17.1. The molecule has 0 aliphatic heterocycles. The molecule has 0 aliphatic carbocycles. The van der Waals surface area contributed by atoms with Crippen LogP contribution in [0.4, 0.5) is 35.9 Å². The molecule has 8 aromatic rings. The lowest BCUT2D eigenvalue weighted by Crippen LogP contribution is -2.11. The number of esters is 2. The van der Waals surface area contributed by atoms with Gasteiger partial charge in [0.15, 0.2) is 0 Å². The number of anilines is 4. The molecule has 8 aromatic carbocycles. The average Bonchev–Trinajstić information content (AvgIpc) is 3.53. The molecule has 0 unspecified atom stereocenters. The largest absolute Gasteiger partial charge is 0.478 e. The van der Waals surface area contributed by atoms with Crippen molar-refractivity contribution in [1.82, 2.24) is 0 Å². The molecule has 462 valence electrons. The highest BCUT2D eigenvalue weighted by atomic mass is 79.9. The maximum absolute atomic E-state index is 12.2. The Morgan fingerprint density at radius 3 is 1.21 bits per heavy atom. The van der Waals surface area contributed by atoms with E-state index in [1.54, 1.807) is 80.6 Å². The van der Waals surface area contributed by atoms with Crippen LogP contribution in [0, 0.1) is 20.8 Å². The molecule has 6 N–H and O–H groups in total. The number of nitrogens with one attached hydrogen (secondary N) is 3. The summed E-state index contributed by atoms with van der Waals surface area (Å²) in [6.45, 7) is 13.3. The highest BCUT2D eigenvalue weighted by Gasteiger charge is 2.29. The van der Waals surface area contributed by atoms with Crippen LogP contribution >= 0.6 is 31.9 Å². The summed E-state index contributed by atoms with van der Waals surface area (Å²) in [6.07, 6.45) is 2.74. The summed E-state index contributed by atoms with van der Waals surface area (Å²) in [4.78, 5) is 84.4. The van der Waals surface area contributed by atoms with Crippen LogP contribution < -0.4 is 21.7 Å². The molecule has 0 radical (unpaired) electrons. The van der Waals surface area contributed by atoms with Crippen LogP contribution in [0.15, 0.2) is 234 Å². The fourth-order valence-electron chi connectivity index (χ4n) is 6.83. The van der Waals surface area contributed by atoms with Crippen molar-refractivity contribution in [3.05, 3.63) is 284 Å². The van der Waals surface area contributed by atoms with Crippen LogP contribution in [-0.4, -0.2) is 60.1 Å². The molecule has 20 heteroatoms. The minimum Gasteiger partial charge on any atom is -0.478 e. The molecule has 0 heterocycles. The fourth-order valence-corrected chi connectivity index (χ4v) is 7.65. The Morgan fingerprint density at radius 1 is 0.517 bits per heavy atom. The van der Waals surface area contributed by atoms with Gasteiger partial charge in [0.1, 0.15) is 0 Å². The van der Waals surface area contributed by atoms with Crippen molar-refractivity contribution in [3.63, 3.8) is 0 Å². The zero-order valence-corrected chi connectivity index (χ0v) is 52.2. The molecule has 0 bridgehead atoms. The molecule has 0 saturated heterocycles. The lowest BCUT2D eigenvalue weighted by molar-refractivity contribution is -0.191. The van der Waals surface area contributed by atoms with Crippen molar-refractivity contribution >= 4 is 109 Å². The second-order valence-corrected chi connectivity index (χ2v) is 19.8. The highest BCUT2D eigenvalue weighted by molar-refractivity contribution is 9.10. The molecule has 0 spiro atoms. The van der Waals surface area contributed by atoms with E-state index in [0.29, 0.717) is 46.8 Å². The van der Waals surface area contributed by atoms with E-state index < -0.39 is 17.7 Å². The first-order valence-corrected chi connectivity index (χ1v) is 28.3. The number of ether oxygens (including phenoxy) is 2. The van der Waals surface area contributed by atoms with Gasteiger partial charge in [0.05, 0.1) is 18.8 Å². The van der Waals surface area contributed by atoms with E-state index in [-0.39, 0.29) is 35.8 Å². The quantitative estimate of drug-likeness (QED) is 0.0412. The van der Waals surface area contributed by atoms with E-state index >= 15 is 0 Å². The van der Waals surface area contributed by atoms with Crippen molar-refractivity contribution in [2.24, 2.45) is 0 Å². The molecule has 8 rings (SSSR count). The minimum atomic E-state index is -4.21. The van der Waals surface area contributed by atoms with E-state index in [9.17, 15) is 41.9 Å². The third-order valence-corrected chi connectivity index (χ3v) is 11.7. The molecule has 0 saturated carbocycles. The molecule has 0 aliphatic rings. The van der Waals surface area contributed by atoms with E-state index in [4.69, 9.17) is 25.2 Å². The lowest BCUT2D eigenvalue weighted by atomic mass is 10.1. The van der Waals surface area contributed by atoms with Crippen molar-refractivity contribution in [3.8, 4) is 0 Å². The van der Waals surface area contributed by atoms with E-state index in [1.165, 1.54) is 24.3 Å². The van der Waals surface area contributed by atoms with Gasteiger partial charge in [0.2, 0.25) is 0 Å². The number of benzene rings is 8. The number of aryl methyl sites for hydroxylation is 3. The Bertz CT molecular complexity index is 3670. The topological polar surface area (TPSA) is 237 Å². The Kier molecular flexibility index (Phi) is 35.1. The third-order valence-electron chi connectivity index (χ3n) is 10.7. The Morgan fingerprint density at radius 2 is 0.888 bits per heavy atom. The Hall–Kier alpha value is -10.3. The number of halogens is 5. The summed E-state index contributed by atoms with van der Waals surface area (Å²) >= 11 is 6.65. The van der Waals surface area contributed by atoms with Gasteiger partial charge in [-0.25, -0.2) is 14.4 Å². The number of carbonyl (C=O) groups excluding carboxylic acids is 7. The van der Waals surface area contributed by atoms with Gasteiger partial charge in [-0.15, -0.1) is 0 Å². The predicted octanol–water partition coefficient (Wildman–Crippen LogP) is 16.1. The number of carboxylic acids is 1. The number of amides is 3. The standard InChI is InChI=1S/C19H19NO3.C17H15NO3.C14H12BrNO.C7H5F3.C6H6BrN.C5H8O2.CO2/c1-3-23-18(21)11-10-15-7-5-9-17(13-15)20-19(22)16-8-4-6-14(2)12-16;1-12-4-2-6-14(10-12)17(21)18-15-7-3-5-13(11-15)8-9-16(19)20;1-10-4-2-5-11(8-10)14(17)16-13-7-3-6-12(15)9-13;8-7(9,10)6-4-2-1-3-5-6;7-5-2-1-3-6(8)4-5;1-3-5(6)7-4-2;2-1-3/h4-13H,3H2,1-2H3,(H,20,22);2-11H,1H3,(H,18,21)(H,19,20);2-9H,1H3,(H,16,17);1-5H;1-4H,8H2;3H,1,4H2,2H3;/b11-10+;9-8+;;;;;. The molecule has 0 fully saturated rings. The number of hydrogen-bond donors (Lipinski definition) is 5. The Balaban J connectivity index is 0.000000378. The average molecular weight is 1340 g/mol. The summed E-state index contributed by atoms with van der Waals surface area (Å²) in [5.41, 5.74) is 14.2. The summed E-state index contributed by atoms with van der Waals surface area (Å²) in [5.74, 6) is -2.21. The second kappa shape index (κ2) is 41.7. The third kappa shape index (κ3) is 33.3. The van der Waals surface area contributed by atoms with Crippen molar-refractivity contribution in [2.45, 2.75) is 40.8 Å². The van der Waals surface area contributed by atoms with Crippen LogP contribution in [0.5, 0.6) is 0 Å². The Labute approximate surface area is 531 Å². The fraction of sp³-hybridized carbons (Fsp3) is 0.116. The van der Waals surface area contributed by atoms with Crippen molar-refractivity contribution < 1.29 is 66.1 Å². The van der Waals surface area contributed by atoms with Gasteiger partial charge in [-0.2, -0.15) is 22.8 Å². The summed E-state index contributed by atoms with van der Waals surface area (Å²) in [7, 11) is 0. The zero-order valence-electron chi connectivity index (χ0n) is 49.1. The second-order valence-electron chi connectivity index (χ2n) is 17.9. The van der Waals surface area contributed by atoms with Crippen LogP contribution in [0.2, 0.25) is 0 Å². The van der Waals surface area contributed by atoms with Gasteiger partial charge in [-0.1, -0.05) is 158 Å². The lowest BCUT2D eigenvalue weighted by Gasteiger charge is -2.06. The molecular formula is C69H65Br2F3N4O11. The number of nitrogen functional groups attached to an aromatic ring is 1. The maximum Gasteiger partial charge on any atom is 0.416 e. The van der Waals surface area contributed by atoms with Crippen molar-refractivity contribution in [1.29, 1.82) is 0 Å². The zero-order chi connectivity index (χ0) is 66.2. The number of carbonyl (C=O) groups is 6. The van der Waals surface area contributed by atoms with E-state index in [1.807, 2.05) is 136 Å². The normalized spacial score (nSPS) is 9.91. The molecular weight excluding hydrogens is 1280 g/mol. The molecule has 0 aromatic heterocycles. The number of alkyl halides is 3. The van der Waals surface area contributed by atoms with E-state index in [2.05, 4.69) is 59.1 Å². The predicted molar refractivity (Wildman–Crippen MR) is 349 cm³/mol. The first-order chi connectivity index (χ1) is 42.4. The van der Waals surface area contributed by atoms with E-state index in [0.717, 1.165) is 66.9 Å². The van der Waals surface area contributed by atoms with Crippen LogP contribution in [-0.2, 0) is 39.6 Å². The van der Waals surface area contributed by atoms with Gasteiger partial charge < -0.3 is 36.3 Å². The number of carboxylic acid groups (broad SMARTS) is 1. The number of rotatable bonds is 13. The molecule has 3 amide bonds. The maximum atomic E-state index is 12.2. The van der Waals surface area contributed by atoms with Gasteiger partial charge in [0, 0.05) is 66.6 Å². The smallest absolute Gasteiger partial charge is 0.416 e. The van der Waals surface area contributed by atoms with Crippen molar-refractivity contribution in [2.75, 3.05) is 34.9 Å². The molecule has 89 heavy (non-hydrogen) atoms. The first-order valence-electron chi connectivity index (χ1n) is 26.7. The summed E-state index contributed by atoms with van der Waals surface area (Å²) in [6, 6.07) is 57.9. The number of aliphatic carboxylic acids is 1. The molecule has 15 nitrogen and oxygen atoms in total. The first kappa shape index (κ1) is 74.8. The van der Waals surface area contributed by atoms with Gasteiger partial charge >= 0.3 is 30.2 Å². The number of nitrogens with two attached hydrogens (primary N) is 1. The van der Waals surface area contributed by atoms with Crippen LogP contribution in [0.25, 0.3) is 12.2 Å². The minimum absolute atomic E-state index is 0.0909. The monoisotopic (exact) mass is 1340 g/mol. The summed E-state index contributed by atoms with van der Waals surface area (Å²) < 4.78 is 46.6. The van der Waals surface area contributed by atoms with Gasteiger partial charge in [0.25, 0.3) is 17.7 Å². The number of hydrogen-bond acceptors (Lipinski definition) is 11. The SMILES string of the molecule is C=CC(=O)OCC.CCOC(=O)/C=C/c1cccc(NC(=O)c2cccc(C)c2)c1.Cc1cccc(C(=O)Nc2cccc(/C=C/C(=O)O)c2)c1.Cc1cccc(C(=O)Nc2cccc(Br)c2)c1.FC(F)(F)c1ccccc1.Nc1cccc(Br)c1.O=C=O.